The van der Waals surface area contributed by atoms with E-state index in [2.05, 4.69) is 0 Å². The maximum atomic E-state index is 6.92. The Morgan fingerprint density at radius 1 is 1.08 bits per heavy atom. The highest BCUT2D eigenvalue weighted by Gasteiger charge is 2.78. The third kappa shape index (κ3) is 1.95. The highest BCUT2D eigenvalue weighted by atomic mass is 35.5. The monoisotopic (exact) mass is 384 g/mol. The van der Waals surface area contributed by atoms with E-state index in [4.69, 9.17) is 42.5 Å². The number of benzene rings is 1. The molecule has 6 heteroatoms. The van der Waals surface area contributed by atoms with E-state index in [9.17, 15) is 0 Å². The topological polar surface area (TPSA) is 36.9 Å². The summed E-state index contributed by atoms with van der Waals surface area (Å²) in [5, 5.41) is 0.566. The van der Waals surface area contributed by atoms with Gasteiger partial charge in [-0.05, 0) is 62.0 Å². The molecule has 3 unspecified atom stereocenters. The minimum atomic E-state index is -0.930. The van der Waals surface area contributed by atoms with Crippen LogP contribution in [0.3, 0.4) is 0 Å². The number of hydrogen-bond acceptors (Lipinski definition) is 4. The molecule has 1 aliphatic heterocycles. The maximum Gasteiger partial charge on any atom is 0.260 e. The van der Waals surface area contributed by atoms with Gasteiger partial charge in [-0.15, -0.1) is 11.6 Å². The summed E-state index contributed by atoms with van der Waals surface area (Å²) in [4.78, 5) is 11.6. The summed E-state index contributed by atoms with van der Waals surface area (Å²) in [6.45, 7) is 0. The van der Waals surface area contributed by atoms with Crippen LogP contribution in [0, 0.1) is 17.8 Å². The van der Waals surface area contributed by atoms with Crippen LogP contribution in [-0.4, -0.2) is 24.7 Å². The molecule has 5 aliphatic rings. The van der Waals surface area contributed by atoms with Crippen molar-refractivity contribution in [2.45, 2.75) is 48.4 Å². The largest absolute Gasteiger partial charge is 0.495 e. The number of hydrogen-bond donors (Lipinski definition) is 0. The molecule has 1 saturated heterocycles. The van der Waals surface area contributed by atoms with Crippen LogP contribution >= 0.6 is 23.2 Å². The van der Waals surface area contributed by atoms with Crippen LogP contribution in [0.2, 0.25) is 5.02 Å². The fourth-order valence-electron chi connectivity index (χ4n) is 6.21. The van der Waals surface area contributed by atoms with Gasteiger partial charge in [-0.3, -0.25) is 0 Å². The van der Waals surface area contributed by atoms with E-state index in [1.807, 2.05) is 18.2 Å². The average molecular weight is 385 g/mol. The third-order valence-corrected chi connectivity index (χ3v) is 7.73. The van der Waals surface area contributed by atoms with Gasteiger partial charge >= 0.3 is 0 Å². The van der Waals surface area contributed by atoms with Gasteiger partial charge in [-0.25, -0.2) is 4.89 Å². The van der Waals surface area contributed by atoms with Gasteiger partial charge in [-0.2, -0.15) is 4.89 Å². The van der Waals surface area contributed by atoms with Crippen LogP contribution in [0.1, 0.15) is 37.7 Å². The van der Waals surface area contributed by atoms with E-state index in [1.54, 1.807) is 14.2 Å². The first-order chi connectivity index (χ1) is 12.0. The minimum Gasteiger partial charge on any atom is -0.495 e. The minimum absolute atomic E-state index is 0.0716. The Labute approximate surface area is 157 Å². The van der Waals surface area contributed by atoms with Gasteiger partial charge in [0.1, 0.15) is 5.75 Å². The van der Waals surface area contributed by atoms with Gasteiger partial charge in [0.2, 0.25) is 0 Å². The molecule has 1 spiro atoms. The van der Waals surface area contributed by atoms with Gasteiger partial charge in [0.05, 0.1) is 12.1 Å². The lowest BCUT2D eigenvalue weighted by molar-refractivity contribution is -0.645. The SMILES string of the molecule is COc1cc(C2(OC)OOC23C2CC4CC3CC(Cl)(C4)C2)ccc1Cl. The Kier molecular flexibility index (Phi) is 3.50. The van der Waals surface area contributed by atoms with E-state index < -0.39 is 11.4 Å². The molecule has 3 atom stereocenters. The summed E-state index contributed by atoms with van der Waals surface area (Å²) in [5.41, 5.74) is 0.411. The van der Waals surface area contributed by atoms with Crippen LogP contribution < -0.4 is 4.74 Å². The smallest absolute Gasteiger partial charge is 0.260 e. The van der Waals surface area contributed by atoms with Crippen molar-refractivity contribution in [1.29, 1.82) is 0 Å². The van der Waals surface area contributed by atoms with Crippen molar-refractivity contribution >= 4 is 23.2 Å². The van der Waals surface area contributed by atoms with Gasteiger partial charge in [-0.1, -0.05) is 17.7 Å². The first kappa shape index (κ1) is 16.6. The Morgan fingerprint density at radius 2 is 1.80 bits per heavy atom. The normalized spacial score (nSPS) is 47.1. The number of ether oxygens (including phenoxy) is 2. The van der Waals surface area contributed by atoms with E-state index in [-0.39, 0.29) is 4.87 Å². The molecule has 0 aromatic heterocycles. The second kappa shape index (κ2) is 5.26. The fourth-order valence-corrected chi connectivity index (χ4v) is 6.99. The molecule has 4 nitrogen and oxygen atoms in total. The van der Waals surface area contributed by atoms with Gasteiger partial charge in [0.25, 0.3) is 5.79 Å². The van der Waals surface area contributed by atoms with Gasteiger partial charge in [0, 0.05) is 17.5 Å². The second-order valence-electron chi connectivity index (χ2n) is 8.12. The first-order valence-electron chi connectivity index (χ1n) is 8.91. The zero-order valence-electron chi connectivity index (χ0n) is 14.4. The number of methoxy groups -OCH3 is 2. The van der Waals surface area contributed by atoms with Crippen molar-refractivity contribution in [2.24, 2.45) is 17.8 Å². The van der Waals surface area contributed by atoms with Crippen molar-refractivity contribution in [2.75, 3.05) is 14.2 Å². The number of halogens is 2. The molecule has 6 rings (SSSR count). The molecule has 0 N–H and O–H groups in total. The van der Waals surface area contributed by atoms with Crippen LogP contribution in [0.25, 0.3) is 0 Å². The molecule has 5 fully saturated rings. The molecule has 0 radical (unpaired) electrons. The van der Waals surface area contributed by atoms with Crippen LogP contribution in [0.15, 0.2) is 18.2 Å². The number of rotatable bonds is 3. The molecule has 1 aromatic rings. The summed E-state index contributed by atoms with van der Waals surface area (Å²) in [5.74, 6) is 1.05. The van der Waals surface area contributed by atoms with Crippen LogP contribution in [0.4, 0.5) is 0 Å². The quantitative estimate of drug-likeness (QED) is 0.560. The van der Waals surface area contributed by atoms with Crippen molar-refractivity contribution in [3.05, 3.63) is 28.8 Å². The molecule has 4 saturated carbocycles. The van der Waals surface area contributed by atoms with Crippen molar-refractivity contribution in [1.82, 2.24) is 0 Å². The molecule has 25 heavy (non-hydrogen) atoms. The molecular weight excluding hydrogens is 363 g/mol. The van der Waals surface area contributed by atoms with E-state index >= 15 is 0 Å². The van der Waals surface area contributed by atoms with Crippen LogP contribution in [-0.2, 0) is 20.3 Å². The summed E-state index contributed by atoms with van der Waals surface area (Å²) in [6, 6.07) is 5.67. The van der Waals surface area contributed by atoms with Crippen molar-refractivity contribution < 1.29 is 19.2 Å². The lowest BCUT2D eigenvalue weighted by atomic mass is 9.46. The molecule has 1 heterocycles. The summed E-state index contributed by atoms with van der Waals surface area (Å²) in [6.07, 6.45) is 5.31. The Balaban J connectivity index is 1.61. The fraction of sp³-hybridized carbons (Fsp3) is 0.684. The van der Waals surface area contributed by atoms with Crippen LogP contribution in [0.5, 0.6) is 5.75 Å². The first-order valence-corrected chi connectivity index (χ1v) is 9.67. The summed E-state index contributed by atoms with van der Waals surface area (Å²) < 4.78 is 11.4. The Hall–Kier alpha value is -0.520. The zero-order valence-corrected chi connectivity index (χ0v) is 15.9. The zero-order chi connectivity index (χ0) is 17.4. The lowest BCUT2D eigenvalue weighted by Crippen LogP contribution is -2.78. The van der Waals surface area contributed by atoms with Crippen molar-refractivity contribution in [3.63, 3.8) is 0 Å². The van der Waals surface area contributed by atoms with E-state index in [1.165, 1.54) is 0 Å². The molecular formula is C19H22Cl2O4. The predicted octanol–water partition coefficient (Wildman–Crippen LogP) is 4.67. The highest BCUT2D eigenvalue weighted by Crippen LogP contribution is 2.71. The molecule has 0 amide bonds. The standard InChI is InChI=1S/C19H22Cl2O4/c1-22-16-7-12(3-4-15(16)20)19(23-2)18(24-25-19)13-5-11-6-14(18)10-17(21,8-11)9-13/h3-4,7,11,13-14H,5-6,8-10H2,1-2H3. The number of alkyl halides is 1. The maximum absolute atomic E-state index is 6.92. The van der Waals surface area contributed by atoms with E-state index in [0.717, 1.165) is 37.7 Å². The average Bonchev–Trinajstić information content (AvgIpc) is 2.54. The van der Waals surface area contributed by atoms with Gasteiger partial charge < -0.3 is 9.47 Å². The molecule has 4 aliphatic carbocycles. The van der Waals surface area contributed by atoms with Crippen molar-refractivity contribution in [3.8, 4) is 5.75 Å². The molecule has 4 bridgehead atoms. The van der Waals surface area contributed by atoms with E-state index in [0.29, 0.717) is 28.5 Å². The lowest BCUT2D eigenvalue weighted by Gasteiger charge is -2.70. The predicted molar refractivity (Wildman–Crippen MR) is 93.7 cm³/mol. The second-order valence-corrected chi connectivity index (χ2v) is 9.33. The highest BCUT2D eigenvalue weighted by molar-refractivity contribution is 6.32. The molecule has 1 aromatic carbocycles. The molecule has 136 valence electrons. The Bertz CT molecular complexity index is 703. The summed E-state index contributed by atoms with van der Waals surface area (Å²) in [7, 11) is 3.30. The third-order valence-electron chi connectivity index (χ3n) is 6.96. The Morgan fingerprint density at radius 3 is 2.32 bits per heavy atom. The van der Waals surface area contributed by atoms with Gasteiger partial charge in [0.15, 0.2) is 5.60 Å². The summed E-state index contributed by atoms with van der Waals surface area (Å²) >= 11 is 13.1.